The molecule has 9 nitrogen and oxygen atoms in total. The van der Waals surface area contributed by atoms with Gasteiger partial charge in [0.1, 0.15) is 0 Å². The molecule has 1 amide bonds. The van der Waals surface area contributed by atoms with Gasteiger partial charge in [-0.2, -0.15) is 0 Å². The van der Waals surface area contributed by atoms with Gasteiger partial charge in [0.15, 0.2) is 23.0 Å². The van der Waals surface area contributed by atoms with Crippen LogP contribution in [-0.2, 0) is 4.79 Å². The highest BCUT2D eigenvalue weighted by atomic mass is 32.2. The first kappa shape index (κ1) is 21.2. The quantitative estimate of drug-likeness (QED) is 0.499. The van der Waals surface area contributed by atoms with Crippen LogP contribution in [-0.4, -0.2) is 53.3 Å². The summed E-state index contributed by atoms with van der Waals surface area (Å²) in [6, 6.07) is 11.5. The van der Waals surface area contributed by atoms with Crippen molar-refractivity contribution in [3.8, 4) is 34.5 Å². The number of ether oxygens (including phenoxy) is 4. The Morgan fingerprint density at radius 3 is 2.68 bits per heavy atom. The smallest absolute Gasteiger partial charge is 0.277 e. The van der Waals surface area contributed by atoms with E-state index in [0.29, 0.717) is 35.8 Å². The van der Waals surface area contributed by atoms with Crippen molar-refractivity contribution in [2.45, 2.75) is 30.5 Å². The van der Waals surface area contributed by atoms with Gasteiger partial charge in [-0.25, -0.2) is 0 Å². The molecule has 1 aromatic heterocycles. The number of benzene rings is 2. The van der Waals surface area contributed by atoms with E-state index in [-0.39, 0.29) is 24.5 Å². The molecule has 3 aliphatic heterocycles. The number of carbonyl (C=O) groups is 1. The van der Waals surface area contributed by atoms with Gasteiger partial charge >= 0.3 is 0 Å². The Labute approximate surface area is 200 Å². The Morgan fingerprint density at radius 1 is 0.941 bits per heavy atom. The average Bonchev–Trinajstić information content (AvgIpc) is 3.60. The molecule has 0 N–H and O–H groups in total. The maximum absolute atomic E-state index is 13.1. The van der Waals surface area contributed by atoms with Crippen molar-refractivity contribution in [3.63, 3.8) is 0 Å². The lowest BCUT2D eigenvalue weighted by molar-refractivity contribution is -0.129. The Bertz CT molecular complexity index is 1220. The zero-order valence-electron chi connectivity index (χ0n) is 18.4. The summed E-state index contributed by atoms with van der Waals surface area (Å²) in [7, 11) is 0. The average molecular weight is 482 g/mol. The highest BCUT2D eigenvalue weighted by Gasteiger charge is 2.31. The number of thioether (sulfide) groups is 1. The van der Waals surface area contributed by atoms with Crippen LogP contribution in [0.5, 0.6) is 23.0 Å². The van der Waals surface area contributed by atoms with Crippen LogP contribution in [0.3, 0.4) is 0 Å². The summed E-state index contributed by atoms with van der Waals surface area (Å²) in [5, 5.41) is 8.56. The summed E-state index contributed by atoms with van der Waals surface area (Å²) < 4.78 is 28.1. The van der Waals surface area contributed by atoms with Crippen molar-refractivity contribution in [2.24, 2.45) is 0 Å². The number of nitrogens with zero attached hydrogens (tertiary/aromatic N) is 3. The second kappa shape index (κ2) is 9.09. The van der Waals surface area contributed by atoms with Gasteiger partial charge in [-0.05, 0) is 48.7 Å². The van der Waals surface area contributed by atoms with E-state index in [1.165, 1.54) is 11.8 Å². The third-order valence-electron chi connectivity index (χ3n) is 6.07. The summed E-state index contributed by atoms with van der Waals surface area (Å²) in [4.78, 5) is 15.0. The van der Waals surface area contributed by atoms with Gasteiger partial charge in [-0.3, -0.25) is 4.79 Å². The summed E-state index contributed by atoms with van der Waals surface area (Å²) in [6.45, 7) is 2.23. The van der Waals surface area contributed by atoms with Gasteiger partial charge < -0.3 is 28.3 Å². The Balaban J connectivity index is 1.11. The maximum Gasteiger partial charge on any atom is 0.277 e. The molecular formula is C24H23N3O6S. The normalized spacial score (nSPS) is 18.7. The van der Waals surface area contributed by atoms with Crippen LogP contribution in [0.1, 0.15) is 30.9 Å². The Morgan fingerprint density at radius 2 is 1.74 bits per heavy atom. The van der Waals surface area contributed by atoms with Crippen LogP contribution in [0, 0.1) is 0 Å². The fraction of sp³-hybridized carbons (Fsp3) is 0.375. The van der Waals surface area contributed by atoms with E-state index < -0.39 is 0 Å². The van der Waals surface area contributed by atoms with Crippen molar-refractivity contribution in [2.75, 3.05) is 32.3 Å². The second-order valence-electron chi connectivity index (χ2n) is 8.23. The molecule has 1 saturated heterocycles. The van der Waals surface area contributed by atoms with Crippen LogP contribution in [0.2, 0.25) is 0 Å². The van der Waals surface area contributed by atoms with Crippen molar-refractivity contribution >= 4 is 17.7 Å². The first-order valence-corrected chi connectivity index (χ1v) is 12.3. The topological polar surface area (TPSA) is 96.2 Å². The molecule has 1 unspecified atom stereocenters. The van der Waals surface area contributed by atoms with Gasteiger partial charge in [0, 0.05) is 18.5 Å². The largest absolute Gasteiger partial charge is 0.490 e. The lowest BCUT2D eigenvalue weighted by atomic mass is 10.0. The molecule has 3 aromatic rings. The van der Waals surface area contributed by atoms with Gasteiger partial charge in [0.2, 0.25) is 18.6 Å². The highest BCUT2D eigenvalue weighted by molar-refractivity contribution is 7.99. The molecule has 0 saturated carbocycles. The third kappa shape index (κ3) is 4.13. The standard InChI is InChI=1S/C24H23N3O6S/c28-22(13-34-24-26-25-23(33-24)16-5-7-19-21(12-16)32-14-31-19)27-8-1-3-17(27)15-4-6-18-20(11-15)30-10-2-9-29-18/h4-7,11-12,17H,1-3,8-10,13-14H2. The van der Waals surface area contributed by atoms with E-state index in [0.717, 1.165) is 48.4 Å². The SMILES string of the molecule is O=C(CSc1nnc(-c2ccc3c(c2)OCO3)o1)N1CCCC1c1ccc2c(c1)OCCCO2. The van der Waals surface area contributed by atoms with Crippen molar-refractivity contribution in [1.29, 1.82) is 0 Å². The summed E-state index contributed by atoms with van der Waals surface area (Å²) in [5.74, 6) is 3.51. The highest BCUT2D eigenvalue weighted by Crippen LogP contribution is 2.39. The second-order valence-corrected chi connectivity index (χ2v) is 9.16. The fourth-order valence-corrected chi connectivity index (χ4v) is 5.07. The van der Waals surface area contributed by atoms with Crippen LogP contribution in [0.4, 0.5) is 0 Å². The molecule has 1 fully saturated rings. The molecule has 6 rings (SSSR count). The molecule has 0 spiro atoms. The van der Waals surface area contributed by atoms with Crippen LogP contribution in [0.15, 0.2) is 46.0 Å². The molecule has 176 valence electrons. The molecule has 4 heterocycles. The predicted molar refractivity (Wildman–Crippen MR) is 122 cm³/mol. The number of hydrogen-bond acceptors (Lipinski definition) is 9. The molecule has 2 aromatic carbocycles. The zero-order valence-corrected chi connectivity index (χ0v) is 19.2. The van der Waals surface area contributed by atoms with E-state index in [2.05, 4.69) is 10.2 Å². The van der Waals surface area contributed by atoms with Crippen LogP contribution < -0.4 is 18.9 Å². The summed E-state index contributed by atoms with van der Waals surface area (Å²) in [5.41, 5.74) is 1.81. The van der Waals surface area contributed by atoms with Gasteiger partial charge in [0.05, 0.1) is 25.0 Å². The van der Waals surface area contributed by atoms with E-state index in [1.54, 1.807) is 6.07 Å². The third-order valence-corrected chi connectivity index (χ3v) is 6.88. The number of amides is 1. The number of aromatic nitrogens is 2. The van der Waals surface area contributed by atoms with E-state index in [4.69, 9.17) is 23.4 Å². The Hall–Kier alpha value is -3.40. The van der Waals surface area contributed by atoms with Crippen LogP contribution in [0.25, 0.3) is 11.5 Å². The number of hydrogen-bond donors (Lipinski definition) is 0. The van der Waals surface area contributed by atoms with Crippen molar-refractivity contribution in [1.82, 2.24) is 15.1 Å². The maximum atomic E-state index is 13.1. The van der Waals surface area contributed by atoms with Gasteiger partial charge in [0.25, 0.3) is 5.22 Å². The van der Waals surface area contributed by atoms with Crippen molar-refractivity contribution < 1.29 is 28.2 Å². The van der Waals surface area contributed by atoms with Crippen LogP contribution >= 0.6 is 11.8 Å². The number of fused-ring (bicyclic) bond motifs is 2. The minimum atomic E-state index is 0.0251. The minimum Gasteiger partial charge on any atom is -0.490 e. The monoisotopic (exact) mass is 481 g/mol. The number of likely N-dealkylation sites (tertiary alicyclic amines) is 1. The molecule has 0 aliphatic carbocycles. The van der Waals surface area contributed by atoms with E-state index >= 15 is 0 Å². The van der Waals surface area contributed by atoms with E-state index in [9.17, 15) is 4.79 Å². The number of rotatable bonds is 5. The lowest BCUT2D eigenvalue weighted by Crippen LogP contribution is -2.32. The zero-order chi connectivity index (χ0) is 22.9. The minimum absolute atomic E-state index is 0.0251. The molecule has 10 heteroatoms. The summed E-state index contributed by atoms with van der Waals surface area (Å²) in [6.07, 6.45) is 2.75. The molecule has 0 radical (unpaired) electrons. The molecule has 3 aliphatic rings. The first-order valence-electron chi connectivity index (χ1n) is 11.3. The van der Waals surface area contributed by atoms with E-state index in [1.807, 2.05) is 35.2 Å². The number of carbonyl (C=O) groups excluding carboxylic acids is 1. The molecule has 34 heavy (non-hydrogen) atoms. The van der Waals surface area contributed by atoms with Gasteiger partial charge in [-0.1, -0.05) is 17.8 Å². The fourth-order valence-electron chi connectivity index (χ4n) is 4.42. The Kier molecular flexibility index (Phi) is 5.66. The molecule has 1 atom stereocenters. The summed E-state index contributed by atoms with van der Waals surface area (Å²) >= 11 is 1.25. The van der Waals surface area contributed by atoms with Crippen molar-refractivity contribution in [3.05, 3.63) is 42.0 Å². The van der Waals surface area contributed by atoms with Gasteiger partial charge in [-0.15, -0.1) is 10.2 Å². The first-order chi connectivity index (χ1) is 16.7. The lowest BCUT2D eigenvalue weighted by Gasteiger charge is -2.25. The predicted octanol–water partition coefficient (Wildman–Crippen LogP) is 4.08. The molecular weight excluding hydrogens is 458 g/mol. The molecule has 0 bridgehead atoms.